The number of thiophene rings is 1. The Labute approximate surface area is 213 Å². The van der Waals surface area contributed by atoms with E-state index in [9.17, 15) is 4.79 Å². The number of hydrogen-bond acceptors (Lipinski definition) is 6. The third kappa shape index (κ3) is 3.68. The van der Waals surface area contributed by atoms with Crippen LogP contribution in [0.4, 0.5) is 5.82 Å². The average molecular weight is 551 g/mol. The molecule has 35 heavy (non-hydrogen) atoms. The molecular weight excluding hydrogens is 528 g/mol. The molecule has 1 aromatic carbocycles. The molecular formula is C25H23BrN6O2S. The number of hydrogen-bond donors (Lipinski definition) is 2. The summed E-state index contributed by atoms with van der Waals surface area (Å²) in [6.07, 6.45) is 5.29. The van der Waals surface area contributed by atoms with Crippen LogP contribution in [-0.4, -0.2) is 50.4 Å². The number of likely N-dealkylation sites (tertiary alicyclic amines) is 1. The molecule has 5 heterocycles. The first kappa shape index (κ1) is 22.1. The van der Waals surface area contributed by atoms with Gasteiger partial charge < -0.3 is 20.4 Å². The second kappa shape index (κ2) is 8.69. The van der Waals surface area contributed by atoms with E-state index in [1.807, 2.05) is 46.1 Å². The largest absolute Gasteiger partial charge is 0.496 e. The van der Waals surface area contributed by atoms with Crippen LogP contribution in [0, 0.1) is 0 Å². The van der Waals surface area contributed by atoms with E-state index in [0.29, 0.717) is 18.9 Å². The van der Waals surface area contributed by atoms with Gasteiger partial charge in [-0.15, -0.1) is 0 Å². The Balaban J connectivity index is 1.38. The number of benzene rings is 1. The fraction of sp³-hybridized carbons (Fsp3) is 0.240. The minimum Gasteiger partial charge on any atom is -0.496 e. The monoisotopic (exact) mass is 550 g/mol. The Morgan fingerprint density at radius 2 is 2.11 bits per heavy atom. The molecule has 1 aliphatic rings. The van der Waals surface area contributed by atoms with E-state index < -0.39 is 0 Å². The quantitative estimate of drug-likeness (QED) is 0.315. The molecule has 6 rings (SSSR count). The lowest BCUT2D eigenvalue weighted by atomic mass is 9.95. The molecule has 4 aromatic heterocycles. The molecule has 0 unspecified atom stereocenters. The van der Waals surface area contributed by atoms with Gasteiger partial charge in [-0.05, 0) is 58.4 Å². The average Bonchev–Trinajstić information content (AvgIpc) is 3.63. The molecule has 1 saturated heterocycles. The van der Waals surface area contributed by atoms with Gasteiger partial charge in [0.2, 0.25) is 0 Å². The molecule has 8 nitrogen and oxygen atoms in total. The number of aromatic amines is 1. The maximum absolute atomic E-state index is 12.8. The number of nitrogens with two attached hydrogens (primary N) is 1. The van der Waals surface area contributed by atoms with Gasteiger partial charge in [-0.2, -0.15) is 11.3 Å². The second-order valence-corrected chi connectivity index (χ2v) is 10.3. The number of anilines is 1. The van der Waals surface area contributed by atoms with E-state index in [1.54, 1.807) is 24.6 Å². The molecule has 10 heteroatoms. The Morgan fingerprint density at radius 3 is 2.86 bits per heavy atom. The first-order valence-electron chi connectivity index (χ1n) is 11.3. The number of nitrogens with zero attached hydrogens (tertiary/aromatic N) is 4. The molecule has 0 spiro atoms. The van der Waals surface area contributed by atoms with Gasteiger partial charge >= 0.3 is 0 Å². The molecule has 178 valence electrons. The second-order valence-electron chi connectivity index (χ2n) is 8.65. The highest BCUT2D eigenvalue weighted by Crippen LogP contribution is 2.38. The SMILES string of the molecule is COc1ccc(Br)c2[nH]c(-c3nc(C4CCN(C(=O)c5ccsc5)CC4)n4ccnc(N)c34)cc12. The van der Waals surface area contributed by atoms with Crippen LogP contribution < -0.4 is 10.5 Å². The summed E-state index contributed by atoms with van der Waals surface area (Å²) < 4.78 is 8.56. The van der Waals surface area contributed by atoms with Crippen LogP contribution in [-0.2, 0) is 0 Å². The summed E-state index contributed by atoms with van der Waals surface area (Å²) in [6.45, 7) is 1.39. The Hall–Kier alpha value is -3.37. The standard InChI is InChI=1S/C25H23BrN6O2S/c1-34-19-3-2-17(26)20-16(19)12-18(29-20)21-22-23(27)28-7-10-32(22)24(30-21)14-4-8-31(9-5-14)25(33)15-6-11-35-13-15/h2-3,6-7,10-14,29H,4-5,8-9H2,1H3,(H2,27,28). The van der Waals surface area contributed by atoms with Crippen molar-refractivity contribution < 1.29 is 9.53 Å². The number of carbonyl (C=O) groups excluding carboxylic acids is 1. The predicted octanol–water partition coefficient (Wildman–Crippen LogP) is 5.31. The summed E-state index contributed by atoms with van der Waals surface area (Å²) in [5.41, 5.74) is 10.4. The van der Waals surface area contributed by atoms with Crippen molar-refractivity contribution in [2.45, 2.75) is 18.8 Å². The smallest absolute Gasteiger partial charge is 0.254 e. The molecule has 1 aliphatic heterocycles. The van der Waals surface area contributed by atoms with Crippen molar-refractivity contribution in [2.24, 2.45) is 0 Å². The number of fused-ring (bicyclic) bond motifs is 2. The third-order valence-electron chi connectivity index (χ3n) is 6.70. The number of methoxy groups -OCH3 is 1. The summed E-state index contributed by atoms with van der Waals surface area (Å²) in [6, 6.07) is 7.82. The highest BCUT2D eigenvalue weighted by atomic mass is 79.9. The van der Waals surface area contributed by atoms with Crippen molar-refractivity contribution in [1.29, 1.82) is 0 Å². The Kier molecular flexibility index (Phi) is 5.49. The van der Waals surface area contributed by atoms with Crippen LogP contribution >= 0.6 is 27.3 Å². The molecule has 1 amide bonds. The Bertz CT molecular complexity index is 1550. The molecule has 0 bridgehead atoms. The highest BCUT2D eigenvalue weighted by Gasteiger charge is 2.29. The molecule has 0 aliphatic carbocycles. The van der Waals surface area contributed by atoms with Crippen LogP contribution in [0.2, 0.25) is 0 Å². The van der Waals surface area contributed by atoms with Gasteiger partial charge in [-0.25, -0.2) is 9.97 Å². The first-order valence-corrected chi connectivity index (χ1v) is 13.1. The molecule has 0 atom stereocenters. The lowest BCUT2D eigenvalue weighted by molar-refractivity contribution is 0.0711. The highest BCUT2D eigenvalue weighted by molar-refractivity contribution is 9.10. The zero-order chi connectivity index (χ0) is 24.1. The van der Waals surface area contributed by atoms with Crippen molar-refractivity contribution in [2.75, 3.05) is 25.9 Å². The van der Waals surface area contributed by atoms with Gasteiger partial charge in [-0.1, -0.05) is 0 Å². The topological polar surface area (TPSA) is 102 Å². The summed E-state index contributed by atoms with van der Waals surface area (Å²) in [4.78, 5) is 27.6. The van der Waals surface area contributed by atoms with E-state index in [1.165, 1.54) is 0 Å². The zero-order valence-corrected chi connectivity index (χ0v) is 21.4. The van der Waals surface area contributed by atoms with Crippen LogP contribution in [0.5, 0.6) is 5.75 Å². The van der Waals surface area contributed by atoms with Crippen LogP contribution in [0.3, 0.4) is 0 Å². The number of ether oxygens (including phenoxy) is 1. The van der Waals surface area contributed by atoms with Crippen LogP contribution in [0.15, 0.2) is 51.9 Å². The van der Waals surface area contributed by atoms with Crippen molar-refractivity contribution in [1.82, 2.24) is 24.3 Å². The maximum atomic E-state index is 12.8. The summed E-state index contributed by atoms with van der Waals surface area (Å²) in [5, 5.41) is 4.81. The summed E-state index contributed by atoms with van der Waals surface area (Å²) in [7, 11) is 1.66. The predicted molar refractivity (Wildman–Crippen MR) is 141 cm³/mol. The third-order valence-corrected chi connectivity index (χ3v) is 8.05. The van der Waals surface area contributed by atoms with E-state index in [-0.39, 0.29) is 11.8 Å². The lowest BCUT2D eigenvalue weighted by Gasteiger charge is -2.31. The number of imidazole rings is 1. The Morgan fingerprint density at radius 1 is 1.29 bits per heavy atom. The minimum absolute atomic E-state index is 0.101. The van der Waals surface area contributed by atoms with Gasteiger partial charge in [-0.3, -0.25) is 9.20 Å². The number of nitrogens with one attached hydrogen (secondary N) is 1. The van der Waals surface area contributed by atoms with E-state index in [4.69, 9.17) is 15.5 Å². The molecule has 0 saturated carbocycles. The maximum Gasteiger partial charge on any atom is 0.254 e. The number of nitrogen functional groups attached to an aromatic ring is 1. The van der Waals surface area contributed by atoms with E-state index in [2.05, 4.69) is 30.3 Å². The summed E-state index contributed by atoms with van der Waals surface area (Å²) in [5.74, 6) is 2.45. The van der Waals surface area contributed by atoms with Gasteiger partial charge in [0.15, 0.2) is 0 Å². The zero-order valence-electron chi connectivity index (χ0n) is 19.0. The van der Waals surface area contributed by atoms with Gasteiger partial charge in [0.1, 0.15) is 28.6 Å². The normalized spacial score (nSPS) is 14.7. The molecule has 3 N–H and O–H groups in total. The van der Waals surface area contributed by atoms with Gasteiger partial charge in [0, 0.05) is 46.6 Å². The van der Waals surface area contributed by atoms with Gasteiger partial charge in [0.05, 0.1) is 23.9 Å². The van der Waals surface area contributed by atoms with E-state index >= 15 is 0 Å². The number of carbonyl (C=O) groups is 1. The fourth-order valence-corrected chi connectivity index (χ4v) is 6.01. The first-order chi connectivity index (χ1) is 17.0. The molecule has 0 radical (unpaired) electrons. The number of piperidine rings is 1. The van der Waals surface area contributed by atoms with Crippen molar-refractivity contribution in [3.8, 4) is 17.1 Å². The van der Waals surface area contributed by atoms with Crippen molar-refractivity contribution in [3.05, 3.63) is 63.3 Å². The van der Waals surface area contributed by atoms with E-state index in [0.717, 1.165) is 62.3 Å². The van der Waals surface area contributed by atoms with Gasteiger partial charge in [0.25, 0.3) is 5.91 Å². The van der Waals surface area contributed by atoms with Crippen molar-refractivity contribution >= 4 is 55.4 Å². The van der Waals surface area contributed by atoms with Crippen LogP contribution in [0.1, 0.15) is 34.9 Å². The van der Waals surface area contributed by atoms with Crippen molar-refractivity contribution in [3.63, 3.8) is 0 Å². The summed E-state index contributed by atoms with van der Waals surface area (Å²) >= 11 is 5.17. The number of rotatable bonds is 4. The molecule has 5 aromatic rings. The van der Waals surface area contributed by atoms with Crippen LogP contribution in [0.25, 0.3) is 27.8 Å². The number of aromatic nitrogens is 4. The number of H-pyrrole nitrogens is 1. The lowest BCUT2D eigenvalue weighted by Crippen LogP contribution is -2.38. The fourth-order valence-electron chi connectivity index (χ4n) is 4.94. The minimum atomic E-state index is 0.101. The molecule has 1 fully saturated rings. The number of amides is 1. The number of halogens is 1.